The van der Waals surface area contributed by atoms with Crippen LogP contribution < -0.4 is 4.72 Å². The second kappa shape index (κ2) is 5.35. The Labute approximate surface area is 117 Å². The highest BCUT2D eigenvalue weighted by atomic mass is 35.5. The van der Waals surface area contributed by atoms with Crippen LogP contribution in [0, 0.1) is 0 Å². The molecule has 0 radical (unpaired) electrons. The van der Waals surface area contributed by atoms with Crippen LogP contribution in [-0.2, 0) is 19.9 Å². The van der Waals surface area contributed by atoms with E-state index in [9.17, 15) is 16.8 Å². The fraction of sp³-hybridized carbons (Fsp3) is 0.500. The van der Waals surface area contributed by atoms with Crippen LogP contribution in [0.1, 0.15) is 12.8 Å². The minimum Gasteiger partial charge on any atom is -0.243 e. The van der Waals surface area contributed by atoms with Gasteiger partial charge >= 0.3 is 0 Å². The van der Waals surface area contributed by atoms with Crippen molar-refractivity contribution in [3.63, 3.8) is 0 Å². The van der Waals surface area contributed by atoms with Crippen molar-refractivity contribution in [2.24, 2.45) is 0 Å². The van der Waals surface area contributed by atoms with Crippen LogP contribution in [0.25, 0.3) is 0 Å². The zero-order chi connectivity index (χ0) is 14.1. The summed E-state index contributed by atoms with van der Waals surface area (Å²) >= 11 is 5.75. The zero-order valence-electron chi connectivity index (χ0n) is 9.91. The number of pyridine rings is 1. The maximum absolute atomic E-state index is 12.1. The monoisotopic (exact) mass is 324 g/mol. The molecule has 6 nitrogen and oxygen atoms in total. The van der Waals surface area contributed by atoms with Crippen LogP contribution in [0.15, 0.2) is 23.2 Å². The molecule has 0 spiro atoms. The van der Waals surface area contributed by atoms with Crippen LogP contribution in [0.4, 0.5) is 0 Å². The number of nitrogens with one attached hydrogen (secondary N) is 1. The Hall–Kier alpha value is -0.700. The molecule has 1 N–H and O–H groups in total. The van der Waals surface area contributed by atoms with E-state index in [1.165, 1.54) is 18.3 Å². The normalized spacial score (nSPS) is 20.3. The van der Waals surface area contributed by atoms with Gasteiger partial charge < -0.3 is 0 Å². The number of aromatic nitrogens is 1. The molecule has 0 aliphatic carbocycles. The highest BCUT2D eigenvalue weighted by Gasteiger charge is 2.28. The van der Waals surface area contributed by atoms with Crippen molar-refractivity contribution in [3.05, 3.63) is 23.5 Å². The van der Waals surface area contributed by atoms with E-state index < -0.39 is 19.9 Å². The summed E-state index contributed by atoms with van der Waals surface area (Å²) in [5.74, 6) is 0.00190. The number of nitrogens with zero attached hydrogens (tertiary/aromatic N) is 1. The van der Waals surface area contributed by atoms with E-state index in [4.69, 9.17) is 11.6 Å². The largest absolute Gasteiger partial charge is 0.243 e. The number of sulfonamides is 1. The van der Waals surface area contributed by atoms with Crippen molar-refractivity contribution in [2.45, 2.75) is 23.8 Å². The van der Waals surface area contributed by atoms with Crippen LogP contribution in [0.3, 0.4) is 0 Å². The third-order valence-electron chi connectivity index (χ3n) is 2.89. The lowest BCUT2D eigenvalue weighted by molar-refractivity contribution is 0.505. The fourth-order valence-corrected chi connectivity index (χ4v) is 5.11. The number of hydrogen-bond donors (Lipinski definition) is 1. The summed E-state index contributed by atoms with van der Waals surface area (Å²) in [5, 5.41) is -0.0987. The second-order valence-corrected chi connectivity index (χ2v) is 8.68. The molecule has 0 saturated carbocycles. The van der Waals surface area contributed by atoms with Crippen LogP contribution in [0.5, 0.6) is 0 Å². The lowest BCUT2D eigenvalue weighted by Crippen LogP contribution is -2.40. The van der Waals surface area contributed by atoms with Gasteiger partial charge in [0.15, 0.2) is 0 Å². The first-order chi connectivity index (χ1) is 8.80. The molecule has 1 fully saturated rings. The minimum atomic E-state index is -3.77. The Morgan fingerprint density at radius 1 is 1.32 bits per heavy atom. The van der Waals surface area contributed by atoms with E-state index in [0.29, 0.717) is 0 Å². The number of hydrogen-bond acceptors (Lipinski definition) is 5. The van der Waals surface area contributed by atoms with Crippen molar-refractivity contribution in [1.29, 1.82) is 0 Å². The molecular formula is C10H13ClN2O4S2. The standard InChI is InChI=1S/C10H13ClN2O4S2/c11-10-9(2-1-5-12-10)19(16,17)13-8-3-6-18(14,15)7-4-8/h1-2,5,8,13H,3-4,6-7H2. The van der Waals surface area contributed by atoms with E-state index in [1.54, 1.807) is 0 Å². The van der Waals surface area contributed by atoms with Gasteiger partial charge in [0, 0.05) is 12.2 Å². The fourth-order valence-electron chi connectivity index (χ4n) is 1.86. The maximum Gasteiger partial charge on any atom is 0.243 e. The van der Waals surface area contributed by atoms with Gasteiger partial charge in [0.05, 0.1) is 11.5 Å². The minimum absolute atomic E-state index is 0.000951. The molecule has 0 amide bonds. The summed E-state index contributed by atoms with van der Waals surface area (Å²) < 4.78 is 49.2. The molecule has 0 bridgehead atoms. The molecule has 1 aromatic heterocycles. The van der Waals surface area contributed by atoms with Crippen molar-refractivity contribution in [1.82, 2.24) is 9.71 Å². The lowest BCUT2D eigenvalue weighted by Gasteiger charge is -2.22. The summed E-state index contributed by atoms with van der Waals surface area (Å²) in [6.07, 6.45) is 1.95. The van der Waals surface area contributed by atoms with E-state index in [2.05, 4.69) is 9.71 Å². The molecule has 2 rings (SSSR count). The van der Waals surface area contributed by atoms with Gasteiger partial charge in [-0.05, 0) is 25.0 Å². The van der Waals surface area contributed by atoms with Crippen LogP contribution in [0.2, 0.25) is 5.15 Å². The van der Waals surface area contributed by atoms with Crippen LogP contribution in [-0.4, -0.2) is 39.4 Å². The van der Waals surface area contributed by atoms with Gasteiger partial charge in [-0.2, -0.15) is 0 Å². The Bertz CT molecular complexity index is 659. The first-order valence-electron chi connectivity index (χ1n) is 5.63. The van der Waals surface area contributed by atoms with E-state index in [-0.39, 0.29) is 40.4 Å². The topological polar surface area (TPSA) is 93.2 Å². The van der Waals surface area contributed by atoms with Gasteiger partial charge in [-0.1, -0.05) is 11.6 Å². The van der Waals surface area contributed by atoms with Crippen LogP contribution >= 0.6 is 11.6 Å². The van der Waals surface area contributed by atoms with Gasteiger partial charge in [0.2, 0.25) is 10.0 Å². The molecule has 9 heteroatoms. The molecule has 0 aromatic carbocycles. The summed E-state index contributed by atoms with van der Waals surface area (Å²) in [6, 6.07) is 2.45. The maximum atomic E-state index is 12.1. The summed E-state index contributed by atoms with van der Waals surface area (Å²) in [7, 11) is -6.78. The molecule has 106 valence electrons. The second-order valence-electron chi connectivity index (χ2n) is 4.34. The smallest absolute Gasteiger partial charge is 0.243 e. The summed E-state index contributed by atoms with van der Waals surface area (Å²) in [4.78, 5) is 3.62. The molecule has 1 aliphatic rings. The average molecular weight is 325 g/mol. The van der Waals surface area contributed by atoms with Gasteiger partial charge in [0.25, 0.3) is 0 Å². The third-order valence-corrected chi connectivity index (χ3v) is 6.57. The molecule has 0 unspecified atom stereocenters. The van der Waals surface area contributed by atoms with E-state index in [1.807, 2.05) is 0 Å². The van der Waals surface area contributed by atoms with E-state index in [0.717, 1.165) is 0 Å². The first-order valence-corrected chi connectivity index (χ1v) is 9.32. The third kappa shape index (κ3) is 3.65. The first kappa shape index (κ1) is 14.7. The van der Waals surface area contributed by atoms with Crippen molar-refractivity contribution in [2.75, 3.05) is 11.5 Å². The van der Waals surface area contributed by atoms with Gasteiger partial charge in [-0.25, -0.2) is 26.5 Å². The SMILES string of the molecule is O=S1(=O)CCC(NS(=O)(=O)c2cccnc2Cl)CC1. The zero-order valence-corrected chi connectivity index (χ0v) is 12.3. The highest BCUT2D eigenvalue weighted by molar-refractivity contribution is 7.91. The molecular weight excluding hydrogens is 312 g/mol. The molecule has 1 saturated heterocycles. The van der Waals surface area contributed by atoms with Crippen molar-refractivity contribution >= 4 is 31.5 Å². The average Bonchev–Trinajstić information content (AvgIpc) is 2.32. The van der Waals surface area contributed by atoms with Crippen molar-refractivity contribution in [3.8, 4) is 0 Å². The summed E-state index contributed by atoms with van der Waals surface area (Å²) in [6.45, 7) is 0. The highest BCUT2D eigenvalue weighted by Crippen LogP contribution is 2.20. The summed E-state index contributed by atoms with van der Waals surface area (Å²) in [5.41, 5.74) is 0. The molecule has 19 heavy (non-hydrogen) atoms. The molecule has 2 heterocycles. The Kier molecular flexibility index (Phi) is 4.14. The molecule has 1 aliphatic heterocycles. The molecule has 1 aromatic rings. The quantitative estimate of drug-likeness (QED) is 0.821. The lowest BCUT2D eigenvalue weighted by atomic mass is 10.2. The molecule has 0 atom stereocenters. The Morgan fingerprint density at radius 3 is 2.53 bits per heavy atom. The van der Waals surface area contributed by atoms with Gasteiger partial charge in [0.1, 0.15) is 19.9 Å². The predicted octanol–water partition coefficient (Wildman–Crippen LogP) is 0.590. The predicted molar refractivity (Wildman–Crippen MR) is 71.2 cm³/mol. The van der Waals surface area contributed by atoms with Gasteiger partial charge in [-0.15, -0.1) is 0 Å². The van der Waals surface area contributed by atoms with E-state index >= 15 is 0 Å². The number of halogens is 1. The number of sulfone groups is 1. The van der Waals surface area contributed by atoms with Gasteiger partial charge in [-0.3, -0.25) is 0 Å². The van der Waals surface area contributed by atoms with Crippen molar-refractivity contribution < 1.29 is 16.8 Å². The number of rotatable bonds is 3. The Morgan fingerprint density at radius 2 is 1.95 bits per heavy atom. The Balaban J connectivity index is 2.13.